The first-order valence-electron chi connectivity index (χ1n) is 9.56. The number of nitrogens with one attached hydrogen (secondary N) is 1. The fourth-order valence-corrected chi connectivity index (χ4v) is 3.16. The first-order valence-corrected chi connectivity index (χ1v) is 9.56. The van der Waals surface area contributed by atoms with E-state index in [0.717, 1.165) is 23.3 Å². The van der Waals surface area contributed by atoms with Crippen LogP contribution in [0.1, 0.15) is 21.7 Å². The number of carbonyl (C=O) groups is 2. The molecule has 0 radical (unpaired) electrons. The molecule has 1 heterocycles. The van der Waals surface area contributed by atoms with Crippen LogP contribution in [0.3, 0.4) is 0 Å². The van der Waals surface area contributed by atoms with Gasteiger partial charge in [0.25, 0.3) is 5.91 Å². The van der Waals surface area contributed by atoms with E-state index in [1.807, 2.05) is 48.0 Å². The molecule has 1 N–H and O–H groups in total. The van der Waals surface area contributed by atoms with Crippen LogP contribution in [0.5, 0.6) is 0 Å². The topological polar surface area (TPSA) is 70.5 Å². The molecule has 0 saturated carbocycles. The minimum Gasteiger partial charge on any atom is -0.345 e. The summed E-state index contributed by atoms with van der Waals surface area (Å²) < 4.78 is 1.95. The second-order valence-corrected chi connectivity index (χ2v) is 7.31. The van der Waals surface area contributed by atoms with Crippen LogP contribution in [0, 0.1) is 0 Å². The number of carbonyl (C=O) groups excluding carboxylic acids is 2. The van der Waals surface area contributed by atoms with Gasteiger partial charge >= 0.3 is 6.03 Å². The number of nitrogens with zero attached hydrogens (tertiary/aromatic N) is 4. The van der Waals surface area contributed by atoms with Crippen molar-refractivity contribution in [3.05, 3.63) is 65.5 Å². The molecule has 0 bridgehead atoms. The second kappa shape index (κ2) is 8.77. The van der Waals surface area contributed by atoms with Gasteiger partial charge in [0.1, 0.15) is 5.82 Å². The fraction of sp³-hybridized carbons (Fsp3) is 0.318. The molecular weight excluding hydrogens is 366 g/mol. The van der Waals surface area contributed by atoms with E-state index in [2.05, 4.69) is 10.3 Å². The number of aryl methyl sites for hydroxylation is 1. The van der Waals surface area contributed by atoms with Crippen molar-refractivity contribution in [3.8, 4) is 0 Å². The Hall–Kier alpha value is -3.35. The molecule has 29 heavy (non-hydrogen) atoms. The third-order valence-corrected chi connectivity index (χ3v) is 4.88. The van der Waals surface area contributed by atoms with Crippen molar-refractivity contribution >= 4 is 23.0 Å². The Bertz CT molecular complexity index is 1010. The highest BCUT2D eigenvalue weighted by atomic mass is 16.2. The SMILES string of the molecule is CN(C)C(=O)c1ccc2c(c1)nc(CN(C)C(=O)NCCc1ccccc1)n2C. The number of imidazole rings is 1. The van der Waals surface area contributed by atoms with E-state index in [0.29, 0.717) is 18.7 Å². The van der Waals surface area contributed by atoms with Crippen LogP contribution in [0.4, 0.5) is 4.79 Å². The minimum absolute atomic E-state index is 0.0611. The Balaban J connectivity index is 1.64. The van der Waals surface area contributed by atoms with Gasteiger partial charge in [0.2, 0.25) is 0 Å². The van der Waals surface area contributed by atoms with Gasteiger partial charge in [-0.15, -0.1) is 0 Å². The van der Waals surface area contributed by atoms with E-state index < -0.39 is 0 Å². The molecule has 0 saturated heterocycles. The summed E-state index contributed by atoms with van der Waals surface area (Å²) >= 11 is 0. The predicted octanol–water partition coefficient (Wildman–Crippen LogP) is 2.66. The number of aromatic nitrogens is 2. The zero-order valence-corrected chi connectivity index (χ0v) is 17.3. The number of hydrogen-bond donors (Lipinski definition) is 1. The summed E-state index contributed by atoms with van der Waals surface area (Å²) in [6.45, 7) is 0.949. The van der Waals surface area contributed by atoms with E-state index in [9.17, 15) is 9.59 Å². The van der Waals surface area contributed by atoms with E-state index in [4.69, 9.17) is 0 Å². The number of benzene rings is 2. The molecule has 3 aromatic rings. The summed E-state index contributed by atoms with van der Waals surface area (Å²) in [4.78, 5) is 32.4. The molecule has 7 nitrogen and oxygen atoms in total. The van der Waals surface area contributed by atoms with Crippen LogP contribution in [0.25, 0.3) is 11.0 Å². The molecule has 3 amide bonds. The molecule has 3 rings (SSSR count). The molecule has 0 aliphatic rings. The Morgan fingerprint density at radius 3 is 2.48 bits per heavy atom. The molecule has 0 unspecified atom stereocenters. The van der Waals surface area contributed by atoms with Crippen LogP contribution in [-0.4, -0.2) is 59.0 Å². The van der Waals surface area contributed by atoms with E-state index >= 15 is 0 Å². The second-order valence-electron chi connectivity index (χ2n) is 7.31. The largest absolute Gasteiger partial charge is 0.345 e. The van der Waals surface area contributed by atoms with Gasteiger partial charge in [-0.25, -0.2) is 9.78 Å². The van der Waals surface area contributed by atoms with Gasteiger partial charge < -0.3 is 19.7 Å². The third kappa shape index (κ3) is 4.74. The highest BCUT2D eigenvalue weighted by molar-refractivity contribution is 5.97. The first-order chi connectivity index (χ1) is 13.9. The van der Waals surface area contributed by atoms with Crippen molar-refractivity contribution in [1.82, 2.24) is 24.7 Å². The summed E-state index contributed by atoms with van der Waals surface area (Å²) in [6.07, 6.45) is 0.787. The maximum atomic E-state index is 12.4. The average Bonchev–Trinajstić information content (AvgIpc) is 3.02. The summed E-state index contributed by atoms with van der Waals surface area (Å²) in [6, 6.07) is 15.4. The zero-order valence-electron chi connectivity index (χ0n) is 17.3. The standard InChI is InChI=1S/C22H27N5O2/c1-25(2)21(28)17-10-11-19-18(14-17)24-20(27(19)4)15-26(3)22(29)23-13-12-16-8-6-5-7-9-16/h5-11,14H,12-13,15H2,1-4H3,(H,23,29). The lowest BCUT2D eigenvalue weighted by Crippen LogP contribution is -2.38. The number of urea groups is 1. The Morgan fingerprint density at radius 2 is 1.79 bits per heavy atom. The molecule has 7 heteroatoms. The third-order valence-electron chi connectivity index (χ3n) is 4.88. The van der Waals surface area contributed by atoms with Crippen molar-refractivity contribution in [2.45, 2.75) is 13.0 Å². The lowest BCUT2D eigenvalue weighted by molar-refractivity contribution is 0.0827. The van der Waals surface area contributed by atoms with Crippen LogP contribution in [0.15, 0.2) is 48.5 Å². The molecule has 0 aliphatic carbocycles. The Kier molecular flexibility index (Phi) is 6.16. The molecule has 0 atom stereocenters. The predicted molar refractivity (Wildman–Crippen MR) is 114 cm³/mol. The number of rotatable bonds is 6. The Labute approximate surface area is 170 Å². The summed E-state index contributed by atoms with van der Waals surface area (Å²) in [7, 11) is 7.11. The summed E-state index contributed by atoms with van der Waals surface area (Å²) in [5, 5.41) is 2.94. The van der Waals surface area contributed by atoms with Crippen LogP contribution in [0.2, 0.25) is 0 Å². The molecule has 2 aromatic carbocycles. The first kappa shape index (κ1) is 20.4. The number of hydrogen-bond acceptors (Lipinski definition) is 3. The molecule has 0 spiro atoms. The van der Waals surface area contributed by atoms with Crippen molar-refractivity contribution in [3.63, 3.8) is 0 Å². The number of fused-ring (bicyclic) bond motifs is 1. The number of amides is 3. The van der Waals surface area contributed by atoms with Crippen molar-refractivity contribution in [1.29, 1.82) is 0 Å². The summed E-state index contributed by atoms with van der Waals surface area (Å²) in [5.74, 6) is 0.698. The molecular formula is C22H27N5O2. The van der Waals surface area contributed by atoms with Gasteiger partial charge in [0, 0.05) is 40.3 Å². The van der Waals surface area contributed by atoms with Gasteiger partial charge in [-0.2, -0.15) is 0 Å². The molecule has 0 aliphatic heterocycles. The highest BCUT2D eigenvalue weighted by Crippen LogP contribution is 2.18. The minimum atomic E-state index is -0.142. The zero-order chi connectivity index (χ0) is 21.0. The summed E-state index contributed by atoms with van der Waals surface area (Å²) in [5.41, 5.74) is 3.45. The van der Waals surface area contributed by atoms with Crippen molar-refractivity contribution < 1.29 is 9.59 Å². The van der Waals surface area contributed by atoms with Crippen LogP contribution < -0.4 is 5.32 Å². The van der Waals surface area contributed by atoms with Crippen LogP contribution >= 0.6 is 0 Å². The van der Waals surface area contributed by atoms with E-state index in [1.165, 1.54) is 5.56 Å². The van der Waals surface area contributed by atoms with Gasteiger partial charge in [-0.1, -0.05) is 30.3 Å². The molecule has 152 valence electrons. The lowest BCUT2D eigenvalue weighted by Gasteiger charge is -2.17. The van der Waals surface area contributed by atoms with E-state index in [-0.39, 0.29) is 11.9 Å². The maximum absolute atomic E-state index is 12.4. The lowest BCUT2D eigenvalue weighted by atomic mass is 10.1. The van der Waals surface area contributed by atoms with Crippen molar-refractivity contribution in [2.24, 2.45) is 7.05 Å². The van der Waals surface area contributed by atoms with Gasteiger partial charge in [0.15, 0.2) is 0 Å². The fourth-order valence-electron chi connectivity index (χ4n) is 3.16. The van der Waals surface area contributed by atoms with Crippen LogP contribution in [-0.2, 0) is 20.0 Å². The quantitative estimate of drug-likeness (QED) is 0.700. The van der Waals surface area contributed by atoms with Gasteiger partial charge in [-0.05, 0) is 30.2 Å². The maximum Gasteiger partial charge on any atom is 0.317 e. The molecule has 0 fully saturated rings. The van der Waals surface area contributed by atoms with Gasteiger partial charge in [0.05, 0.1) is 17.6 Å². The van der Waals surface area contributed by atoms with Crippen molar-refractivity contribution in [2.75, 3.05) is 27.7 Å². The monoisotopic (exact) mass is 393 g/mol. The smallest absolute Gasteiger partial charge is 0.317 e. The highest BCUT2D eigenvalue weighted by Gasteiger charge is 2.16. The Morgan fingerprint density at radius 1 is 1.07 bits per heavy atom. The molecule has 1 aromatic heterocycles. The van der Waals surface area contributed by atoms with Gasteiger partial charge in [-0.3, -0.25) is 4.79 Å². The average molecular weight is 393 g/mol. The van der Waals surface area contributed by atoms with E-state index in [1.54, 1.807) is 43.1 Å². The normalized spacial score (nSPS) is 10.8.